The number of hydrogen-bond donors (Lipinski definition) is 1. The predicted molar refractivity (Wildman–Crippen MR) is 108 cm³/mol. The zero-order chi connectivity index (χ0) is 18.9. The van der Waals surface area contributed by atoms with Crippen molar-refractivity contribution in [2.24, 2.45) is 11.3 Å². The highest BCUT2D eigenvalue weighted by molar-refractivity contribution is 7.13. The van der Waals surface area contributed by atoms with Crippen LogP contribution in [0, 0.1) is 11.3 Å². The summed E-state index contributed by atoms with van der Waals surface area (Å²) < 4.78 is 0. The van der Waals surface area contributed by atoms with Gasteiger partial charge in [0.2, 0.25) is 11.8 Å². The monoisotopic (exact) mass is 382 g/mol. The van der Waals surface area contributed by atoms with Crippen molar-refractivity contribution < 1.29 is 9.59 Å². The lowest BCUT2D eigenvalue weighted by Crippen LogP contribution is -2.51. The second kappa shape index (κ2) is 7.47. The third-order valence-corrected chi connectivity index (χ3v) is 6.86. The van der Waals surface area contributed by atoms with Gasteiger partial charge in [-0.05, 0) is 54.7 Å². The molecule has 2 aliphatic rings. The van der Waals surface area contributed by atoms with Crippen LogP contribution >= 0.6 is 11.3 Å². The van der Waals surface area contributed by atoms with E-state index in [1.807, 2.05) is 4.90 Å². The van der Waals surface area contributed by atoms with E-state index in [-0.39, 0.29) is 11.8 Å². The molecule has 4 rings (SSSR count). The third kappa shape index (κ3) is 3.79. The van der Waals surface area contributed by atoms with Gasteiger partial charge < -0.3 is 10.2 Å². The Morgan fingerprint density at radius 2 is 1.96 bits per heavy atom. The summed E-state index contributed by atoms with van der Waals surface area (Å²) in [4.78, 5) is 28.4. The summed E-state index contributed by atoms with van der Waals surface area (Å²) in [5.41, 5.74) is 1.96. The number of benzene rings is 1. The van der Waals surface area contributed by atoms with E-state index >= 15 is 0 Å². The molecule has 4 nitrogen and oxygen atoms in total. The van der Waals surface area contributed by atoms with Crippen LogP contribution in [-0.4, -0.2) is 36.9 Å². The molecule has 0 atom stereocenters. The van der Waals surface area contributed by atoms with E-state index in [1.54, 1.807) is 18.4 Å². The number of thiophene rings is 1. The van der Waals surface area contributed by atoms with Gasteiger partial charge in [-0.1, -0.05) is 30.3 Å². The molecule has 1 N–H and O–H groups in total. The van der Waals surface area contributed by atoms with E-state index in [9.17, 15) is 9.59 Å². The lowest BCUT2D eigenvalue weighted by atomic mass is 9.72. The summed E-state index contributed by atoms with van der Waals surface area (Å²) in [6, 6.07) is 12.7. The largest absolute Gasteiger partial charge is 0.359 e. The Kier molecular flexibility index (Phi) is 5.04. The maximum atomic E-state index is 12.8. The molecule has 5 heteroatoms. The third-order valence-electron chi connectivity index (χ3n) is 5.94. The number of piperidine rings is 1. The van der Waals surface area contributed by atoms with Crippen LogP contribution < -0.4 is 5.32 Å². The number of carbonyl (C=O) groups is 2. The Bertz CT molecular complexity index is 819. The predicted octanol–water partition coefficient (Wildman–Crippen LogP) is 3.72. The summed E-state index contributed by atoms with van der Waals surface area (Å²) in [7, 11) is 1.72. The first-order chi connectivity index (χ1) is 13.1. The molecule has 2 amide bonds. The van der Waals surface area contributed by atoms with Crippen LogP contribution in [0.5, 0.6) is 0 Å². The maximum absolute atomic E-state index is 12.8. The molecule has 27 heavy (non-hydrogen) atoms. The van der Waals surface area contributed by atoms with Crippen molar-refractivity contribution in [1.29, 1.82) is 0 Å². The Hall–Kier alpha value is -2.14. The molecule has 1 aliphatic carbocycles. The van der Waals surface area contributed by atoms with E-state index in [2.05, 4.69) is 47.1 Å². The number of rotatable bonds is 5. The average molecular weight is 383 g/mol. The fourth-order valence-electron chi connectivity index (χ4n) is 4.16. The Balaban J connectivity index is 1.52. The first kappa shape index (κ1) is 18.2. The molecule has 0 bridgehead atoms. The fourth-order valence-corrected chi connectivity index (χ4v) is 4.88. The van der Waals surface area contributed by atoms with Crippen molar-refractivity contribution in [3.8, 4) is 10.4 Å². The maximum Gasteiger partial charge on any atom is 0.226 e. The van der Waals surface area contributed by atoms with Crippen LogP contribution in [0.25, 0.3) is 10.4 Å². The van der Waals surface area contributed by atoms with E-state index < -0.39 is 5.41 Å². The van der Waals surface area contributed by atoms with Gasteiger partial charge in [0.05, 0.1) is 5.41 Å². The van der Waals surface area contributed by atoms with Gasteiger partial charge in [0.1, 0.15) is 0 Å². The zero-order valence-electron chi connectivity index (χ0n) is 15.7. The van der Waals surface area contributed by atoms with Crippen molar-refractivity contribution in [3.63, 3.8) is 0 Å². The minimum atomic E-state index is -0.427. The highest BCUT2D eigenvalue weighted by atomic mass is 32.1. The molecule has 1 saturated heterocycles. The number of likely N-dealkylation sites (tertiary alicyclic amines) is 1. The second-order valence-electron chi connectivity index (χ2n) is 7.81. The smallest absolute Gasteiger partial charge is 0.226 e. The van der Waals surface area contributed by atoms with Gasteiger partial charge in [-0.25, -0.2) is 0 Å². The molecule has 2 fully saturated rings. The Morgan fingerprint density at radius 3 is 2.59 bits per heavy atom. The number of nitrogens with one attached hydrogen (secondary N) is 1. The van der Waals surface area contributed by atoms with E-state index in [1.165, 1.54) is 16.0 Å². The van der Waals surface area contributed by atoms with Crippen LogP contribution in [0.4, 0.5) is 0 Å². The molecule has 1 aromatic heterocycles. The van der Waals surface area contributed by atoms with Gasteiger partial charge >= 0.3 is 0 Å². The highest BCUT2D eigenvalue weighted by Crippen LogP contribution is 2.39. The van der Waals surface area contributed by atoms with Crippen LogP contribution in [0.15, 0.2) is 41.8 Å². The normalized spacial score (nSPS) is 18.9. The standard InChI is InChI=1S/C22H26N2O2S/c1-23-21(26)22(9-11-24(12-10-22)20(25)17-7-8-17)15-16-4-2-5-18(14-16)19-6-3-13-27-19/h2-6,13-14,17H,7-12,15H2,1H3,(H,23,26). The Morgan fingerprint density at radius 1 is 1.19 bits per heavy atom. The molecule has 0 spiro atoms. The first-order valence-corrected chi connectivity index (χ1v) is 10.6. The van der Waals surface area contributed by atoms with Gasteiger partial charge in [0, 0.05) is 30.9 Å². The Labute approximate surface area is 164 Å². The molecule has 142 valence electrons. The molecular formula is C22H26N2O2S. The van der Waals surface area contributed by atoms with Crippen molar-refractivity contribution in [2.75, 3.05) is 20.1 Å². The SMILES string of the molecule is CNC(=O)C1(Cc2cccc(-c3cccs3)c2)CCN(C(=O)C2CC2)CC1. The summed E-state index contributed by atoms with van der Waals surface area (Å²) in [6.45, 7) is 1.38. The van der Waals surface area contributed by atoms with Crippen molar-refractivity contribution in [1.82, 2.24) is 10.2 Å². The lowest BCUT2D eigenvalue weighted by molar-refractivity contribution is -0.141. The summed E-state index contributed by atoms with van der Waals surface area (Å²) in [6.07, 6.45) is 4.25. The molecular weight excluding hydrogens is 356 g/mol. The topological polar surface area (TPSA) is 49.4 Å². The zero-order valence-corrected chi connectivity index (χ0v) is 16.6. The van der Waals surface area contributed by atoms with Crippen molar-refractivity contribution in [2.45, 2.75) is 32.1 Å². The second-order valence-corrected chi connectivity index (χ2v) is 8.76. The van der Waals surface area contributed by atoms with Gasteiger partial charge in [-0.3, -0.25) is 9.59 Å². The van der Waals surface area contributed by atoms with Gasteiger partial charge in [0.25, 0.3) is 0 Å². The minimum absolute atomic E-state index is 0.0996. The number of carbonyl (C=O) groups excluding carboxylic acids is 2. The molecule has 0 unspecified atom stereocenters. The molecule has 1 saturated carbocycles. The summed E-state index contributed by atoms with van der Waals surface area (Å²) >= 11 is 1.73. The van der Waals surface area contributed by atoms with E-state index in [4.69, 9.17) is 0 Å². The molecule has 1 aliphatic heterocycles. The van der Waals surface area contributed by atoms with E-state index in [0.717, 1.165) is 32.1 Å². The molecule has 0 radical (unpaired) electrons. The molecule has 2 heterocycles. The number of amides is 2. The first-order valence-electron chi connectivity index (χ1n) is 9.75. The van der Waals surface area contributed by atoms with Gasteiger partial charge in [0.15, 0.2) is 0 Å². The number of nitrogens with zero attached hydrogens (tertiary/aromatic N) is 1. The van der Waals surface area contributed by atoms with Crippen molar-refractivity contribution in [3.05, 3.63) is 47.3 Å². The number of hydrogen-bond acceptors (Lipinski definition) is 3. The van der Waals surface area contributed by atoms with E-state index in [0.29, 0.717) is 19.0 Å². The van der Waals surface area contributed by atoms with Gasteiger partial charge in [-0.15, -0.1) is 11.3 Å². The fraction of sp³-hybridized carbons (Fsp3) is 0.455. The molecule has 2 aromatic rings. The van der Waals surface area contributed by atoms with Crippen LogP contribution in [0.1, 0.15) is 31.2 Å². The van der Waals surface area contributed by atoms with Crippen LogP contribution in [-0.2, 0) is 16.0 Å². The highest BCUT2D eigenvalue weighted by Gasteiger charge is 2.43. The van der Waals surface area contributed by atoms with Crippen LogP contribution in [0.3, 0.4) is 0 Å². The van der Waals surface area contributed by atoms with Crippen molar-refractivity contribution >= 4 is 23.2 Å². The van der Waals surface area contributed by atoms with Gasteiger partial charge in [-0.2, -0.15) is 0 Å². The quantitative estimate of drug-likeness (QED) is 0.857. The van der Waals surface area contributed by atoms with Crippen LogP contribution in [0.2, 0.25) is 0 Å². The minimum Gasteiger partial charge on any atom is -0.359 e. The lowest BCUT2D eigenvalue weighted by Gasteiger charge is -2.40. The summed E-state index contributed by atoms with van der Waals surface area (Å²) in [5.74, 6) is 0.641. The average Bonchev–Trinajstić information content (AvgIpc) is 3.41. The summed E-state index contributed by atoms with van der Waals surface area (Å²) in [5, 5.41) is 4.96. The molecule has 1 aromatic carbocycles.